The van der Waals surface area contributed by atoms with Crippen molar-refractivity contribution in [3.63, 3.8) is 0 Å². The molecule has 1 aromatic carbocycles. The molecule has 3 nitrogen and oxygen atoms in total. The van der Waals surface area contributed by atoms with E-state index in [1.54, 1.807) is 16.4 Å². The maximum atomic E-state index is 12.6. The largest absolute Gasteiger partial charge is 0.243 e. The van der Waals surface area contributed by atoms with E-state index in [2.05, 4.69) is 0 Å². The molecule has 100 valence electrons. The number of alkyl halides is 1. The minimum atomic E-state index is -3.41. The first-order chi connectivity index (χ1) is 8.57. The van der Waals surface area contributed by atoms with Crippen molar-refractivity contribution >= 4 is 21.6 Å². The Morgan fingerprint density at radius 1 is 1.33 bits per heavy atom. The summed E-state index contributed by atoms with van der Waals surface area (Å²) < 4.78 is 26.9. The highest BCUT2D eigenvalue weighted by Crippen LogP contribution is 2.30. The average molecular weight is 288 g/mol. The molecule has 5 heteroatoms. The van der Waals surface area contributed by atoms with Crippen LogP contribution in [0.5, 0.6) is 0 Å². The lowest BCUT2D eigenvalue weighted by Crippen LogP contribution is -2.45. The lowest BCUT2D eigenvalue weighted by molar-refractivity contribution is 0.227. The minimum Gasteiger partial charge on any atom is -0.207 e. The van der Waals surface area contributed by atoms with Crippen LogP contribution in [0, 0.1) is 6.92 Å². The van der Waals surface area contributed by atoms with Crippen molar-refractivity contribution in [1.29, 1.82) is 0 Å². The number of halogens is 1. The van der Waals surface area contributed by atoms with Crippen LogP contribution in [0.1, 0.15) is 24.8 Å². The van der Waals surface area contributed by atoms with Gasteiger partial charge in [0, 0.05) is 18.5 Å². The third-order valence-electron chi connectivity index (χ3n) is 3.47. The van der Waals surface area contributed by atoms with Crippen LogP contribution in [0.25, 0.3) is 0 Å². The average Bonchev–Trinajstić information content (AvgIpc) is 2.26. The topological polar surface area (TPSA) is 37.4 Å². The Bertz CT molecular complexity index is 511. The number of hydrogen-bond donors (Lipinski definition) is 0. The second kappa shape index (κ2) is 5.59. The first kappa shape index (κ1) is 13.8. The molecule has 0 aliphatic heterocycles. The Kier molecular flexibility index (Phi) is 4.30. The predicted molar refractivity (Wildman–Crippen MR) is 73.4 cm³/mol. The van der Waals surface area contributed by atoms with Gasteiger partial charge in [0.25, 0.3) is 0 Å². The molecule has 1 aromatic rings. The maximum absolute atomic E-state index is 12.6. The van der Waals surface area contributed by atoms with Crippen LogP contribution >= 0.6 is 11.6 Å². The number of aryl methyl sites for hydroxylation is 1. The maximum Gasteiger partial charge on any atom is 0.243 e. The van der Waals surface area contributed by atoms with E-state index in [1.165, 1.54) is 0 Å². The van der Waals surface area contributed by atoms with Crippen molar-refractivity contribution in [2.75, 3.05) is 12.4 Å². The summed E-state index contributed by atoms with van der Waals surface area (Å²) in [6.45, 7) is 2.22. The zero-order valence-corrected chi connectivity index (χ0v) is 12.0. The van der Waals surface area contributed by atoms with Crippen molar-refractivity contribution in [3.05, 3.63) is 29.8 Å². The van der Waals surface area contributed by atoms with Gasteiger partial charge in [-0.25, -0.2) is 8.42 Å². The number of hydrogen-bond acceptors (Lipinski definition) is 2. The molecule has 1 aliphatic rings. The molecule has 1 fully saturated rings. The fraction of sp³-hybridized carbons (Fsp3) is 0.538. The van der Waals surface area contributed by atoms with E-state index in [-0.39, 0.29) is 6.04 Å². The molecule has 0 unspecified atom stereocenters. The number of nitrogens with zero attached hydrogens (tertiary/aromatic N) is 1. The summed E-state index contributed by atoms with van der Waals surface area (Å²) in [5, 5.41) is 0. The fourth-order valence-corrected chi connectivity index (χ4v) is 4.42. The highest BCUT2D eigenvalue weighted by Gasteiger charge is 2.34. The lowest BCUT2D eigenvalue weighted by Gasteiger charge is -2.36. The molecule has 0 amide bonds. The normalized spacial score (nSPS) is 16.8. The molecule has 1 saturated carbocycles. The van der Waals surface area contributed by atoms with Crippen LogP contribution in [0.2, 0.25) is 0 Å². The molecule has 0 heterocycles. The van der Waals surface area contributed by atoms with Crippen LogP contribution in [-0.2, 0) is 10.0 Å². The van der Waals surface area contributed by atoms with Gasteiger partial charge < -0.3 is 0 Å². The fourth-order valence-electron chi connectivity index (χ4n) is 2.23. The van der Waals surface area contributed by atoms with E-state index in [0.29, 0.717) is 17.3 Å². The first-order valence-electron chi connectivity index (χ1n) is 6.21. The van der Waals surface area contributed by atoms with Gasteiger partial charge in [-0.15, -0.1) is 11.6 Å². The summed E-state index contributed by atoms with van der Waals surface area (Å²) in [6, 6.07) is 7.24. The van der Waals surface area contributed by atoms with Gasteiger partial charge in [0.1, 0.15) is 0 Å². The molecular formula is C13H18ClNO2S. The van der Waals surface area contributed by atoms with E-state index >= 15 is 0 Å². The molecule has 0 aromatic heterocycles. The number of rotatable bonds is 5. The highest BCUT2D eigenvalue weighted by atomic mass is 35.5. The van der Waals surface area contributed by atoms with Crippen LogP contribution < -0.4 is 0 Å². The summed E-state index contributed by atoms with van der Waals surface area (Å²) >= 11 is 5.75. The first-order valence-corrected chi connectivity index (χ1v) is 8.18. The zero-order chi connectivity index (χ0) is 13.2. The third-order valence-corrected chi connectivity index (χ3v) is 5.75. The van der Waals surface area contributed by atoms with Gasteiger partial charge in [-0.1, -0.05) is 24.6 Å². The van der Waals surface area contributed by atoms with Crippen molar-refractivity contribution in [1.82, 2.24) is 4.31 Å². The Labute approximate surface area is 114 Å². The second-order valence-corrected chi connectivity index (χ2v) is 6.89. The molecule has 0 saturated heterocycles. The number of sulfonamides is 1. The molecule has 0 spiro atoms. The van der Waals surface area contributed by atoms with Crippen LogP contribution in [0.15, 0.2) is 29.2 Å². The van der Waals surface area contributed by atoms with Gasteiger partial charge in [0.05, 0.1) is 4.90 Å². The van der Waals surface area contributed by atoms with Crippen LogP contribution in [-0.4, -0.2) is 31.2 Å². The van der Waals surface area contributed by atoms with E-state index in [4.69, 9.17) is 11.6 Å². The molecule has 18 heavy (non-hydrogen) atoms. The molecule has 0 radical (unpaired) electrons. The second-order valence-electron chi connectivity index (χ2n) is 4.65. The van der Waals surface area contributed by atoms with Crippen molar-refractivity contribution in [2.45, 2.75) is 37.1 Å². The van der Waals surface area contributed by atoms with Crippen molar-refractivity contribution in [3.8, 4) is 0 Å². The van der Waals surface area contributed by atoms with E-state index in [0.717, 1.165) is 24.8 Å². The molecule has 1 aliphatic carbocycles. The molecule has 2 rings (SSSR count). The summed E-state index contributed by atoms with van der Waals surface area (Å²) in [5.74, 6) is 0.335. The molecule has 0 bridgehead atoms. The van der Waals surface area contributed by atoms with Gasteiger partial charge in [-0.3, -0.25) is 0 Å². The van der Waals surface area contributed by atoms with Crippen LogP contribution in [0.3, 0.4) is 0 Å². The molecule has 0 N–H and O–H groups in total. The Morgan fingerprint density at radius 3 is 2.50 bits per heavy atom. The van der Waals surface area contributed by atoms with E-state index in [1.807, 2.05) is 19.1 Å². The minimum absolute atomic E-state index is 0.133. The van der Waals surface area contributed by atoms with Gasteiger partial charge in [0.15, 0.2) is 0 Å². The highest BCUT2D eigenvalue weighted by molar-refractivity contribution is 7.89. The quantitative estimate of drug-likeness (QED) is 0.781. The molecular weight excluding hydrogens is 270 g/mol. The predicted octanol–water partition coefficient (Wildman–Crippen LogP) is 2.78. The third kappa shape index (κ3) is 2.56. The van der Waals surface area contributed by atoms with Gasteiger partial charge in [0.2, 0.25) is 10.0 Å². The summed E-state index contributed by atoms with van der Waals surface area (Å²) in [5.41, 5.74) is 0.788. The zero-order valence-electron chi connectivity index (χ0n) is 10.5. The summed E-state index contributed by atoms with van der Waals surface area (Å²) in [4.78, 5) is 0.405. The summed E-state index contributed by atoms with van der Waals surface area (Å²) in [6.07, 6.45) is 3.00. The molecule has 0 atom stereocenters. The van der Waals surface area contributed by atoms with Crippen molar-refractivity contribution in [2.24, 2.45) is 0 Å². The SMILES string of the molecule is Cc1ccccc1S(=O)(=O)N(CCCl)C1CCC1. The van der Waals surface area contributed by atoms with Crippen LogP contribution in [0.4, 0.5) is 0 Å². The van der Waals surface area contributed by atoms with E-state index in [9.17, 15) is 8.42 Å². The number of benzene rings is 1. The van der Waals surface area contributed by atoms with E-state index < -0.39 is 10.0 Å². The monoisotopic (exact) mass is 287 g/mol. The van der Waals surface area contributed by atoms with Crippen molar-refractivity contribution < 1.29 is 8.42 Å². The smallest absolute Gasteiger partial charge is 0.207 e. The lowest BCUT2D eigenvalue weighted by atomic mass is 9.93. The van der Waals surface area contributed by atoms with Gasteiger partial charge >= 0.3 is 0 Å². The Balaban J connectivity index is 2.36. The Hall–Kier alpha value is -0.580. The Morgan fingerprint density at radius 2 is 2.00 bits per heavy atom. The summed E-state index contributed by atoms with van der Waals surface area (Å²) in [7, 11) is -3.41. The standard InChI is InChI=1S/C13H18ClNO2S/c1-11-5-2-3-8-13(11)18(16,17)15(10-9-14)12-6-4-7-12/h2-3,5,8,12H,4,6-7,9-10H2,1H3. The van der Waals surface area contributed by atoms with Gasteiger partial charge in [-0.2, -0.15) is 4.31 Å². The van der Waals surface area contributed by atoms with Gasteiger partial charge in [-0.05, 0) is 31.4 Å².